The van der Waals surface area contributed by atoms with Crippen molar-refractivity contribution in [2.24, 2.45) is 0 Å². The summed E-state index contributed by atoms with van der Waals surface area (Å²) in [5.41, 5.74) is -0.0519. The quantitative estimate of drug-likeness (QED) is 0.858. The zero-order chi connectivity index (χ0) is 13.9. The van der Waals surface area contributed by atoms with Gasteiger partial charge in [-0.2, -0.15) is 13.2 Å². The molecule has 1 aliphatic rings. The molecular weight excluding hydrogens is 261 g/mol. The van der Waals surface area contributed by atoms with E-state index in [1.54, 1.807) is 0 Å². The molecular formula is C12H13F3N2O2. The van der Waals surface area contributed by atoms with Gasteiger partial charge in [-0.05, 0) is 18.2 Å². The molecule has 0 aliphatic carbocycles. The third kappa shape index (κ3) is 3.17. The van der Waals surface area contributed by atoms with Crippen molar-refractivity contribution in [2.75, 3.05) is 36.5 Å². The van der Waals surface area contributed by atoms with E-state index in [9.17, 15) is 18.0 Å². The molecule has 104 valence electrons. The first kappa shape index (κ1) is 13.7. The number of halogens is 3. The van der Waals surface area contributed by atoms with Crippen LogP contribution in [0.4, 0.5) is 24.5 Å². The fourth-order valence-electron chi connectivity index (χ4n) is 1.97. The van der Waals surface area contributed by atoms with E-state index < -0.39 is 11.7 Å². The van der Waals surface area contributed by atoms with Crippen LogP contribution in [0.25, 0.3) is 0 Å². The van der Waals surface area contributed by atoms with E-state index in [0.717, 1.165) is 12.1 Å². The fourth-order valence-corrected chi connectivity index (χ4v) is 1.97. The molecule has 1 fully saturated rings. The molecule has 0 radical (unpaired) electrons. The molecule has 1 saturated heterocycles. The number of anilines is 2. The Bertz CT molecular complexity index is 457. The Hall–Kier alpha value is -1.76. The number of hydrogen-bond acceptors (Lipinski definition) is 3. The van der Waals surface area contributed by atoms with Gasteiger partial charge in [-0.3, -0.25) is 4.79 Å². The number of rotatable bonds is 3. The lowest BCUT2D eigenvalue weighted by Gasteiger charge is -2.30. The number of carbonyl (C=O) groups excluding carboxylic acids is 1. The minimum absolute atomic E-state index is 0.159. The minimum Gasteiger partial charge on any atom is -0.378 e. The van der Waals surface area contributed by atoms with Crippen molar-refractivity contribution in [3.63, 3.8) is 0 Å². The zero-order valence-corrected chi connectivity index (χ0v) is 10.0. The summed E-state index contributed by atoms with van der Waals surface area (Å²) in [6, 6.07) is 3.33. The van der Waals surface area contributed by atoms with Crippen LogP contribution in [0.3, 0.4) is 0 Å². The van der Waals surface area contributed by atoms with Crippen LogP contribution < -0.4 is 10.2 Å². The predicted molar refractivity (Wildman–Crippen MR) is 64.2 cm³/mol. The molecule has 0 unspecified atom stereocenters. The number of morpholine rings is 1. The molecule has 1 aromatic rings. The molecule has 7 heteroatoms. The second kappa shape index (κ2) is 5.48. The average Bonchev–Trinajstić information content (AvgIpc) is 2.39. The van der Waals surface area contributed by atoms with Gasteiger partial charge < -0.3 is 15.0 Å². The van der Waals surface area contributed by atoms with E-state index in [4.69, 9.17) is 4.74 Å². The summed E-state index contributed by atoms with van der Waals surface area (Å²) in [7, 11) is 0. The Kier molecular flexibility index (Phi) is 3.94. The Labute approximate surface area is 108 Å². The predicted octanol–water partition coefficient (Wildman–Crippen LogP) is 2.11. The molecule has 1 aliphatic heterocycles. The van der Waals surface area contributed by atoms with Gasteiger partial charge in [0.25, 0.3) is 0 Å². The lowest BCUT2D eigenvalue weighted by Crippen LogP contribution is -2.36. The standard InChI is InChI=1S/C12H13F3N2O2/c13-12(14,15)9-1-2-11(10(7-9)16-8-18)17-3-5-19-6-4-17/h1-2,7-8H,3-6H2,(H,16,18). The van der Waals surface area contributed by atoms with Gasteiger partial charge in [0, 0.05) is 13.1 Å². The molecule has 0 bridgehead atoms. The number of nitrogens with one attached hydrogen (secondary N) is 1. The second-order valence-electron chi connectivity index (χ2n) is 4.09. The first-order chi connectivity index (χ1) is 9.02. The van der Waals surface area contributed by atoms with Crippen LogP contribution in [0.15, 0.2) is 18.2 Å². The summed E-state index contributed by atoms with van der Waals surface area (Å²) in [6.45, 7) is 2.20. The van der Waals surface area contributed by atoms with Crippen LogP contribution in [0.1, 0.15) is 5.56 Å². The number of ether oxygens (including phenoxy) is 1. The van der Waals surface area contributed by atoms with Crippen molar-refractivity contribution in [3.8, 4) is 0 Å². The monoisotopic (exact) mass is 274 g/mol. The summed E-state index contributed by atoms with van der Waals surface area (Å²) in [5.74, 6) is 0. The molecule has 2 rings (SSSR count). The van der Waals surface area contributed by atoms with Crippen LogP contribution >= 0.6 is 0 Å². The van der Waals surface area contributed by atoms with Crippen LogP contribution in [0.5, 0.6) is 0 Å². The van der Waals surface area contributed by atoms with Crippen molar-refractivity contribution >= 4 is 17.8 Å². The Balaban J connectivity index is 2.34. The minimum atomic E-state index is -4.43. The number of amides is 1. The Morgan fingerprint density at radius 1 is 1.26 bits per heavy atom. The van der Waals surface area contributed by atoms with Gasteiger partial charge in [0.2, 0.25) is 6.41 Å². The summed E-state index contributed by atoms with van der Waals surface area (Å²) >= 11 is 0. The Morgan fingerprint density at radius 3 is 2.53 bits per heavy atom. The van der Waals surface area contributed by atoms with Gasteiger partial charge >= 0.3 is 6.18 Å². The zero-order valence-electron chi connectivity index (χ0n) is 10.0. The highest BCUT2D eigenvalue weighted by Crippen LogP contribution is 2.35. The van der Waals surface area contributed by atoms with Crippen LogP contribution in [0, 0.1) is 0 Å². The van der Waals surface area contributed by atoms with E-state index >= 15 is 0 Å². The fraction of sp³-hybridized carbons (Fsp3) is 0.417. The van der Waals surface area contributed by atoms with Crippen LogP contribution in [0.2, 0.25) is 0 Å². The second-order valence-corrected chi connectivity index (χ2v) is 4.09. The van der Waals surface area contributed by atoms with Crippen LogP contribution in [-0.2, 0) is 15.7 Å². The highest BCUT2D eigenvalue weighted by atomic mass is 19.4. The summed E-state index contributed by atoms with van der Waals surface area (Å²) < 4.78 is 43.1. The molecule has 1 amide bonds. The third-order valence-corrected chi connectivity index (χ3v) is 2.89. The van der Waals surface area contributed by atoms with Gasteiger partial charge in [-0.1, -0.05) is 0 Å². The molecule has 1 N–H and O–H groups in total. The number of nitrogens with zero attached hydrogens (tertiary/aromatic N) is 1. The molecule has 4 nitrogen and oxygen atoms in total. The molecule has 1 aromatic carbocycles. The summed E-state index contributed by atoms with van der Waals surface area (Å²) in [5, 5.41) is 2.32. The maximum absolute atomic E-state index is 12.6. The summed E-state index contributed by atoms with van der Waals surface area (Å²) in [4.78, 5) is 12.4. The maximum Gasteiger partial charge on any atom is 0.416 e. The van der Waals surface area contributed by atoms with Gasteiger partial charge in [0.15, 0.2) is 0 Å². The number of hydrogen-bond donors (Lipinski definition) is 1. The lowest BCUT2D eigenvalue weighted by molar-refractivity contribution is -0.137. The van der Waals surface area contributed by atoms with Crippen molar-refractivity contribution < 1.29 is 22.7 Å². The van der Waals surface area contributed by atoms with Crippen molar-refractivity contribution in [1.29, 1.82) is 0 Å². The van der Waals surface area contributed by atoms with Crippen LogP contribution in [-0.4, -0.2) is 32.7 Å². The van der Waals surface area contributed by atoms with E-state index in [2.05, 4.69) is 5.32 Å². The van der Waals surface area contributed by atoms with Crippen molar-refractivity contribution in [1.82, 2.24) is 0 Å². The van der Waals surface area contributed by atoms with E-state index in [-0.39, 0.29) is 5.69 Å². The van der Waals surface area contributed by atoms with Crippen molar-refractivity contribution in [2.45, 2.75) is 6.18 Å². The van der Waals surface area contributed by atoms with Gasteiger partial charge in [0.1, 0.15) is 0 Å². The number of carbonyl (C=O) groups is 1. The number of alkyl halides is 3. The third-order valence-electron chi connectivity index (χ3n) is 2.89. The molecule has 0 spiro atoms. The van der Waals surface area contributed by atoms with Gasteiger partial charge in [-0.25, -0.2) is 0 Å². The highest BCUT2D eigenvalue weighted by molar-refractivity contribution is 5.82. The SMILES string of the molecule is O=CNc1cc(C(F)(F)F)ccc1N1CCOCC1. The topological polar surface area (TPSA) is 41.6 Å². The molecule has 0 aromatic heterocycles. The first-order valence-corrected chi connectivity index (χ1v) is 5.76. The first-order valence-electron chi connectivity index (χ1n) is 5.76. The smallest absolute Gasteiger partial charge is 0.378 e. The van der Waals surface area contributed by atoms with Gasteiger partial charge in [-0.15, -0.1) is 0 Å². The molecule has 1 heterocycles. The normalized spacial score (nSPS) is 16.3. The summed E-state index contributed by atoms with van der Waals surface area (Å²) in [6.07, 6.45) is -4.05. The van der Waals surface area contributed by atoms with Crippen molar-refractivity contribution in [3.05, 3.63) is 23.8 Å². The molecule has 0 saturated carbocycles. The Morgan fingerprint density at radius 2 is 1.95 bits per heavy atom. The maximum atomic E-state index is 12.6. The highest BCUT2D eigenvalue weighted by Gasteiger charge is 2.31. The largest absolute Gasteiger partial charge is 0.416 e. The average molecular weight is 274 g/mol. The lowest BCUT2D eigenvalue weighted by atomic mass is 10.1. The van der Waals surface area contributed by atoms with Gasteiger partial charge in [0.05, 0.1) is 30.2 Å². The van der Waals surface area contributed by atoms with E-state index in [0.29, 0.717) is 38.4 Å². The number of benzene rings is 1. The van der Waals surface area contributed by atoms with E-state index in [1.807, 2.05) is 4.90 Å². The van der Waals surface area contributed by atoms with E-state index in [1.165, 1.54) is 6.07 Å². The molecule has 0 atom stereocenters. The molecule has 19 heavy (non-hydrogen) atoms.